The number of aromatic nitrogens is 2. The second-order valence-corrected chi connectivity index (χ2v) is 7.20. The molecule has 1 N–H and O–H groups in total. The highest BCUT2D eigenvalue weighted by Gasteiger charge is 2.18. The number of hydrogen-bond donors (Lipinski definition) is 1. The molecule has 0 fully saturated rings. The van der Waals surface area contributed by atoms with Crippen LogP contribution in [-0.4, -0.2) is 51.3 Å². The van der Waals surface area contributed by atoms with Gasteiger partial charge in [-0.05, 0) is 30.5 Å². The molecule has 0 spiro atoms. The first kappa shape index (κ1) is 21.1. The average molecular weight is 425 g/mol. The van der Waals surface area contributed by atoms with Crippen LogP contribution in [0.4, 0.5) is 11.4 Å². The Labute approximate surface area is 176 Å². The maximum Gasteiger partial charge on any atom is 0.269 e. The highest BCUT2D eigenvalue weighted by Crippen LogP contribution is 2.24. The van der Waals surface area contributed by atoms with Gasteiger partial charge in [0, 0.05) is 30.3 Å². The molecule has 30 heavy (non-hydrogen) atoms. The van der Waals surface area contributed by atoms with Crippen LogP contribution >= 0.6 is 11.8 Å². The van der Waals surface area contributed by atoms with E-state index in [0.717, 1.165) is 4.90 Å². The summed E-state index contributed by atoms with van der Waals surface area (Å²) in [4.78, 5) is 37.5. The molecule has 0 aliphatic carbocycles. The van der Waals surface area contributed by atoms with E-state index < -0.39 is 4.92 Å². The number of nitrogens with zero attached hydrogens (tertiary/aromatic N) is 4. The minimum absolute atomic E-state index is 0.0315. The molecule has 0 bridgehead atoms. The Bertz CT molecular complexity index is 1080. The Morgan fingerprint density at radius 1 is 1.20 bits per heavy atom. The van der Waals surface area contributed by atoms with Crippen molar-refractivity contribution in [3.63, 3.8) is 0 Å². The molecular formula is C20H19N5O4S. The molecule has 0 aliphatic heterocycles. The number of hydrogen-bond acceptors (Lipinski definition) is 6. The molecule has 0 saturated heterocycles. The number of non-ortho nitro benzene ring substituents is 1. The molecule has 2 aromatic carbocycles. The van der Waals surface area contributed by atoms with Gasteiger partial charge in [0.25, 0.3) is 11.6 Å². The van der Waals surface area contributed by atoms with Gasteiger partial charge in [0.05, 0.1) is 34.6 Å². The van der Waals surface area contributed by atoms with E-state index in [9.17, 15) is 19.7 Å². The molecule has 0 saturated carbocycles. The highest BCUT2D eigenvalue weighted by molar-refractivity contribution is 7.98. The number of carbonyl (C=O) groups is 2. The van der Waals surface area contributed by atoms with E-state index in [1.54, 1.807) is 18.2 Å². The van der Waals surface area contributed by atoms with Gasteiger partial charge in [-0.25, -0.2) is 4.68 Å². The lowest BCUT2D eigenvalue weighted by molar-refractivity contribution is -0.384. The average Bonchev–Trinajstić information content (AvgIpc) is 3.23. The van der Waals surface area contributed by atoms with E-state index in [1.807, 2.05) is 24.5 Å². The normalized spacial score (nSPS) is 10.5. The van der Waals surface area contributed by atoms with Crippen LogP contribution in [0.2, 0.25) is 0 Å². The van der Waals surface area contributed by atoms with Crippen LogP contribution in [0.3, 0.4) is 0 Å². The van der Waals surface area contributed by atoms with Crippen LogP contribution in [0.15, 0.2) is 65.8 Å². The summed E-state index contributed by atoms with van der Waals surface area (Å²) in [6, 6.07) is 13.2. The number of nitro groups is 1. The molecule has 3 aromatic rings. The Morgan fingerprint density at radius 3 is 2.57 bits per heavy atom. The number of rotatable bonds is 7. The summed E-state index contributed by atoms with van der Waals surface area (Å²) < 4.78 is 1.44. The standard InChI is InChI=1S/C20H19N5O4S/c1-23(13-19(26)22-17-5-3-4-6-18(17)30-2)20(27)14-11-21-24(12-14)15-7-9-16(10-8-15)25(28)29/h3-12H,13H2,1-2H3,(H,22,26). The molecule has 2 amide bonds. The van der Waals surface area contributed by atoms with Crippen molar-refractivity contribution in [2.24, 2.45) is 0 Å². The fraction of sp³-hybridized carbons (Fsp3) is 0.150. The first-order chi connectivity index (χ1) is 14.4. The summed E-state index contributed by atoms with van der Waals surface area (Å²) in [5.74, 6) is -0.674. The van der Waals surface area contributed by atoms with Gasteiger partial charge in [0.1, 0.15) is 0 Å². The molecule has 1 aromatic heterocycles. The van der Waals surface area contributed by atoms with E-state index in [-0.39, 0.29) is 24.0 Å². The maximum atomic E-state index is 12.6. The SMILES string of the molecule is CSc1ccccc1NC(=O)CN(C)C(=O)c1cnn(-c2ccc([N+](=O)[O-])cc2)c1. The third-order valence-electron chi connectivity index (χ3n) is 4.26. The van der Waals surface area contributed by atoms with Gasteiger partial charge in [-0.15, -0.1) is 11.8 Å². The number of nitro benzene ring substituents is 1. The van der Waals surface area contributed by atoms with Crippen molar-refractivity contribution in [3.05, 3.63) is 76.6 Å². The third-order valence-corrected chi connectivity index (χ3v) is 5.06. The summed E-state index contributed by atoms with van der Waals surface area (Å²) in [5, 5.41) is 17.7. The van der Waals surface area contributed by atoms with Crippen molar-refractivity contribution in [2.75, 3.05) is 25.2 Å². The van der Waals surface area contributed by atoms with Gasteiger partial charge in [-0.1, -0.05) is 12.1 Å². The van der Waals surface area contributed by atoms with Gasteiger partial charge in [-0.2, -0.15) is 5.10 Å². The first-order valence-electron chi connectivity index (χ1n) is 8.87. The van der Waals surface area contributed by atoms with Crippen molar-refractivity contribution in [1.82, 2.24) is 14.7 Å². The molecule has 3 rings (SSSR count). The summed E-state index contributed by atoms with van der Waals surface area (Å²) in [6.45, 7) is -0.121. The van der Waals surface area contributed by atoms with E-state index in [2.05, 4.69) is 10.4 Å². The van der Waals surface area contributed by atoms with Crippen LogP contribution in [0.25, 0.3) is 5.69 Å². The second kappa shape index (κ2) is 9.23. The van der Waals surface area contributed by atoms with E-state index in [1.165, 1.54) is 52.9 Å². The van der Waals surface area contributed by atoms with Gasteiger partial charge < -0.3 is 10.2 Å². The number of para-hydroxylation sites is 1. The summed E-state index contributed by atoms with van der Waals surface area (Å²) >= 11 is 1.52. The van der Waals surface area contributed by atoms with Crippen LogP contribution in [0.5, 0.6) is 0 Å². The zero-order valence-corrected chi connectivity index (χ0v) is 17.1. The Morgan fingerprint density at radius 2 is 1.90 bits per heavy atom. The fourth-order valence-electron chi connectivity index (χ4n) is 2.75. The first-order valence-corrected chi connectivity index (χ1v) is 10.1. The molecular weight excluding hydrogens is 406 g/mol. The maximum absolute atomic E-state index is 12.6. The topological polar surface area (TPSA) is 110 Å². The van der Waals surface area contributed by atoms with E-state index >= 15 is 0 Å². The smallest absolute Gasteiger partial charge is 0.269 e. The number of anilines is 1. The molecule has 1 heterocycles. The Balaban J connectivity index is 1.65. The summed E-state index contributed by atoms with van der Waals surface area (Å²) in [5.41, 5.74) is 1.54. The zero-order valence-electron chi connectivity index (χ0n) is 16.3. The number of thioether (sulfide) groups is 1. The molecule has 10 heteroatoms. The third kappa shape index (κ3) is 4.84. The number of amides is 2. The Hall–Kier alpha value is -3.66. The monoisotopic (exact) mass is 425 g/mol. The van der Waals surface area contributed by atoms with Crippen molar-refractivity contribution in [3.8, 4) is 5.69 Å². The Kier molecular flexibility index (Phi) is 6.48. The van der Waals surface area contributed by atoms with Crippen LogP contribution in [0.1, 0.15) is 10.4 Å². The predicted octanol–water partition coefficient (Wildman–Crippen LogP) is 3.21. The van der Waals surface area contributed by atoms with E-state index in [0.29, 0.717) is 16.9 Å². The minimum atomic E-state index is -0.487. The second-order valence-electron chi connectivity index (χ2n) is 6.36. The lowest BCUT2D eigenvalue weighted by atomic mass is 10.3. The van der Waals surface area contributed by atoms with Crippen molar-refractivity contribution in [2.45, 2.75) is 4.90 Å². The number of nitrogens with one attached hydrogen (secondary N) is 1. The van der Waals surface area contributed by atoms with Crippen molar-refractivity contribution >= 4 is 35.0 Å². The number of likely N-dealkylation sites (N-methyl/N-ethyl adjacent to an activating group) is 1. The van der Waals surface area contributed by atoms with Gasteiger partial charge >= 0.3 is 0 Å². The van der Waals surface area contributed by atoms with Crippen LogP contribution in [0, 0.1) is 10.1 Å². The molecule has 9 nitrogen and oxygen atoms in total. The zero-order chi connectivity index (χ0) is 21.7. The van der Waals surface area contributed by atoms with Crippen LogP contribution in [-0.2, 0) is 4.79 Å². The minimum Gasteiger partial charge on any atom is -0.332 e. The quantitative estimate of drug-likeness (QED) is 0.354. The lowest BCUT2D eigenvalue weighted by Gasteiger charge is -2.16. The van der Waals surface area contributed by atoms with Crippen LogP contribution < -0.4 is 5.32 Å². The van der Waals surface area contributed by atoms with Crippen molar-refractivity contribution < 1.29 is 14.5 Å². The van der Waals surface area contributed by atoms with Gasteiger partial charge in [0.2, 0.25) is 5.91 Å². The highest BCUT2D eigenvalue weighted by atomic mass is 32.2. The lowest BCUT2D eigenvalue weighted by Crippen LogP contribution is -2.34. The molecule has 0 unspecified atom stereocenters. The van der Waals surface area contributed by atoms with Gasteiger partial charge in [0.15, 0.2) is 0 Å². The molecule has 0 aliphatic rings. The van der Waals surface area contributed by atoms with Crippen molar-refractivity contribution in [1.29, 1.82) is 0 Å². The fourth-order valence-corrected chi connectivity index (χ4v) is 3.30. The number of benzene rings is 2. The summed E-state index contributed by atoms with van der Waals surface area (Å²) in [7, 11) is 1.53. The summed E-state index contributed by atoms with van der Waals surface area (Å²) in [6.07, 6.45) is 4.82. The van der Waals surface area contributed by atoms with Gasteiger partial charge in [-0.3, -0.25) is 19.7 Å². The number of carbonyl (C=O) groups excluding carboxylic acids is 2. The predicted molar refractivity (Wildman–Crippen MR) is 114 cm³/mol. The largest absolute Gasteiger partial charge is 0.332 e. The molecule has 0 atom stereocenters. The molecule has 0 radical (unpaired) electrons. The van der Waals surface area contributed by atoms with E-state index in [4.69, 9.17) is 0 Å². The molecule has 154 valence electrons.